The maximum atomic E-state index is 12.7. The fraction of sp³-hybridized carbons (Fsp3) is 0.364. The lowest BCUT2D eigenvalue weighted by atomic mass is 10.1. The van der Waals surface area contributed by atoms with E-state index in [0.717, 1.165) is 47.5 Å². The molecule has 1 fully saturated rings. The van der Waals surface area contributed by atoms with Gasteiger partial charge >= 0.3 is 5.97 Å². The Morgan fingerprint density at radius 3 is 2.80 bits per heavy atom. The van der Waals surface area contributed by atoms with E-state index in [1.807, 2.05) is 19.9 Å². The summed E-state index contributed by atoms with van der Waals surface area (Å²) >= 11 is 13.5. The molecule has 0 unspecified atom stereocenters. The zero-order valence-electron chi connectivity index (χ0n) is 16.7. The average Bonchev–Trinajstić information content (AvgIpc) is 3.41. The van der Waals surface area contributed by atoms with Crippen molar-refractivity contribution >= 4 is 56.4 Å². The van der Waals surface area contributed by atoms with Crippen LogP contribution < -0.4 is 0 Å². The van der Waals surface area contributed by atoms with Gasteiger partial charge in [0, 0.05) is 45.2 Å². The van der Waals surface area contributed by atoms with Gasteiger partial charge in [0.15, 0.2) is 6.61 Å². The molecule has 1 aromatic carbocycles. The number of halogens is 2. The third-order valence-electron chi connectivity index (χ3n) is 5.40. The summed E-state index contributed by atoms with van der Waals surface area (Å²) < 4.78 is 13.9. The monoisotopic (exact) mass is 465 g/mol. The van der Waals surface area contributed by atoms with Crippen molar-refractivity contribution in [3.8, 4) is 0 Å². The number of ether oxygens (including phenoxy) is 2. The number of Topliss-reactive ketones (excluding diaryl/α,β-unsaturated/α-hetero) is 1. The maximum Gasteiger partial charge on any atom is 0.350 e. The van der Waals surface area contributed by atoms with Crippen molar-refractivity contribution in [2.75, 3.05) is 13.2 Å². The lowest BCUT2D eigenvalue weighted by Crippen LogP contribution is -2.18. The SMILES string of the molecule is Cc1cc(C(=O)COC(=O)c2sc3cc(Cl)ccc3c2Cl)c(C)n1C[C@H]1CCCO1. The lowest BCUT2D eigenvalue weighted by molar-refractivity contribution is 0.0479. The van der Waals surface area contributed by atoms with Crippen LogP contribution in [0.25, 0.3) is 10.1 Å². The summed E-state index contributed by atoms with van der Waals surface area (Å²) in [5.74, 6) is -0.853. The number of carbonyl (C=O) groups is 2. The van der Waals surface area contributed by atoms with Gasteiger partial charge in [0.2, 0.25) is 5.78 Å². The first kappa shape index (κ1) is 21.4. The normalized spacial score (nSPS) is 16.3. The van der Waals surface area contributed by atoms with Crippen LogP contribution >= 0.6 is 34.5 Å². The molecule has 0 amide bonds. The number of rotatable bonds is 6. The van der Waals surface area contributed by atoms with E-state index < -0.39 is 5.97 Å². The van der Waals surface area contributed by atoms with Crippen molar-refractivity contribution in [2.45, 2.75) is 39.3 Å². The van der Waals surface area contributed by atoms with Crippen molar-refractivity contribution in [3.05, 3.63) is 56.1 Å². The number of benzene rings is 1. The molecule has 1 aliphatic heterocycles. The van der Waals surface area contributed by atoms with Crippen LogP contribution in [0.2, 0.25) is 10.0 Å². The summed E-state index contributed by atoms with van der Waals surface area (Å²) in [6, 6.07) is 7.07. The molecule has 3 heterocycles. The number of thiophene rings is 1. The molecule has 1 aliphatic rings. The molecule has 4 rings (SSSR count). The van der Waals surface area contributed by atoms with Crippen LogP contribution in [0.5, 0.6) is 0 Å². The summed E-state index contributed by atoms with van der Waals surface area (Å²) in [5.41, 5.74) is 2.41. The molecule has 1 saturated heterocycles. The molecule has 1 atom stereocenters. The lowest BCUT2D eigenvalue weighted by Gasteiger charge is -2.14. The quantitative estimate of drug-likeness (QED) is 0.338. The van der Waals surface area contributed by atoms with E-state index in [4.69, 9.17) is 32.7 Å². The second kappa shape index (κ2) is 8.71. The van der Waals surface area contributed by atoms with E-state index in [1.54, 1.807) is 18.2 Å². The fourth-order valence-corrected chi connectivity index (χ4v) is 5.48. The van der Waals surface area contributed by atoms with E-state index in [2.05, 4.69) is 4.57 Å². The molecule has 0 aliphatic carbocycles. The van der Waals surface area contributed by atoms with Gasteiger partial charge in [-0.1, -0.05) is 29.3 Å². The van der Waals surface area contributed by atoms with Crippen LogP contribution in [-0.4, -0.2) is 35.6 Å². The van der Waals surface area contributed by atoms with E-state index in [1.165, 1.54) is 11.3 Å². The summed E-state index contributed by atoms with van der Waals surface area (Å²) in [6.45, 7) is 5.05. The first-order chi connectivity index (χ1) is 14.3. The Labute approximate surface area is 188 Å². The Morgan fingerprint density at radius 1 is 1.27 bits per heavy atom. The third-order valence-corrected chi connectivity index (χ3v) is 7.27. The van der Waals surface area contributed by atoms with Crippen LogP contribution in [0.1, 0.15) is 44.3 Å². The minimum absolute atomic E-state index is 0.180. The minimum atomic E-state index is -0.612. The van der Waals surface area contributed by atoms with Crippen molar-refractivity contribution < 1.29 is 19.1 Å². The van der Waals surface area contributed by atoms with Crippen LogP contribution in [0.15, 0.2) is 24.3 Å². The topological polar surface area (TPSA) is 57.5 Å². The number of esters is 1. The molecule has 5 nitrogen and oxygen atoms in total. The van der Waals surface area contributed by atoms with Gasteiger partial charge in [-0.05, 0) is 44.9 Å². The average molecular weight is 466 g/mol. The third kappa shape index (κ3) is 4.14. The minimum Gasteiger partial charge on any atom is -0.453 e. The highest BCUT2D eigenvalue weighted by Crippen LogP contribution is 2.37. The molecule has 2 aromatic heterocycles. The number of fused-ring (bicyclic) bond motifs is 1. The smallest absolute Gasteiger partial charge is 0.350 e. The van der Waals surface area contributed by atoms with Gasteiger partial charge in [-0.15, -0.1) is 11.3 Å². The molecule has 0 bridgehead atoms. The van der Waals surface area contributed by atoms with Gasteiger partial charge in [0.05, 0.1) is 11.1 Å². The second-order valence-electron chi connectivity index (χ2n) is 7.42. The highest BCUT2D eigenvalue weighted by molar-refractivity contribution is 7.21. The predicted octanol–water partition coefficient (Wildman–Crippen LogP) is 5.85. The van der Waals surface area contributed by atoms with Gasteiger partial charge in [-0.3, -0.25) is 4.79 Å². The van der Waals surface area contributed by atoms with Crippen LogP contribution in [-0.2, 0) is 16.0 Å². The van der Waals surface area contributed by atoms with Crippen LogP contribution in [0.3, 0.4) is 0 Å². The Morgan fingerprint density at radius 2 is 2.07 bits per heavy atom. The number of aromatic nitrogens is 1. The van der Waals surface area contributed by atoms with Crippen molar-refractivity contribution in [1.29, 1.82) is 0 Å². The molecule has 0 N–H and O–H groups in total. The van der Waals surface area contributed by atoms with Crippen molar-refractivity contribution in [2.24, 2.45) is 0 Å². The summed E-state index contributed by atoms with van der Waals surface area (Å²) in [5, 5.41) is 1.62. The first-order valence-electron chi connectivity index (χ1n) is 9.71. The van der Waals surface area contributed by atoms with Gasteiger partial charge in [-0.2, -0.15) is 0 Å². The maximum absolute atomic E-state index is 12.7. The molecule has 8 heteroatoms. The molecule has 0 spiro atoms. The second-order valence-corrected chi connectivity index (χ2v) is 9.28. The van der Waals surface area contributed by atoms with Crippen LogP contribution in [0.4, 0.5) is 0 Å². The standard InChI is InChI=1S/C22H21Cl2NO4S/c1-12-8-17(13(2)25(12)10-15-4-3-7-28-15)18(26)11-29-22(27)21-20(24)16-6-5-14(23)9-19(16)30-21/h5-6,8-9,15H,3-4,7,10-11H2,1-2H3/t15-/m1/s1. The first-order valence-corrected chi connectivity index (χ1v) is 11.3. The Hall–Kier alpha value is -1.86. The van der Waals surface area contributed by atoms with Crippen molar-refractivity contribution in [1.82, 2.24) is 4.57 Å². The number of hydrogen-bond donors (Lipinski definition) is 0. The zero-order valence-corrected chi connectivity index (χ0v) is 19.0. The van der Waals surface area contributed by atoms with Crippen molar-refractivity contribution in [3.63, 3.8) is 0 Å². The Kier molecular flexibility index (Phi) is 6.21. The summed E-state index contributed by atoms with van der Waals surface area (Å²) in [4.78, 5) is 25.5. The molecule has 3 aromatic rings. The summed E-state index contributed by atoms with van der Waals surface area (Å²) in [7, 11) is 0. The molecule has 0 radical (unpaired) electrons. The number of carbonyl (C=O) groups excluding carboxylic acids is 2. The predicted molar refractivity (Wildman–Crippen MR) is 119 cm³/mol. The highest BCUT2D eigenvalue weighted by Gasteiger charge is 2.23. The molecule has 30 heavy (non-hydrogen) atoms. The number of aryl methyl sites for hydroxylation is 1. The number of hydrogen-bond acceptors (Lipinski definition) is 5. The van der Waals surface area contributed by atoms with Gasteiger partial charge in [0.25, 0.3) is 0 Å². The fourth-order valence-electron chi connectivity index (χ4n) is 3.80. The molecule has 0 saturated carbocycles. The van der Waals surface area contributed by atoms with Gasteiger partial charge in [0.1, 0.15) is 4.88 Å². The van der Waals surface area contributed by atoms with Crippen LogP contribution in [0, 0.1) is 13.8 Å². The molecule has 158 valence electrons. The summed E-state index contributed by atoms with van der Waals surface area (Å²) in [6.07, 6.45) is 2.27. The number of nitrogens with zero attached hydrogens (tertiary/aromatic N) is 1. The highest BCUT2D eigenvalue weighted by atomic mass is 35.5. The number of ketones is 1. The molecular formula is C22H21Cl2NO4S. The van der Waals surface area contributed by atoms with E-state index in [9.17, 15) is 9.59 Å². The van der Waals surface area contributed by atoms with Gasteiger partial charge < -0.3 is 14.0 Å². The van der Waals surface area contributed by atoms with E-state index >= 15 is 0 Å². The van der Waals surface area contributed by atoms with Gasteiger partial charge in [-0.25, -0.2) is 4.79 Å². The largest absolute Gasteiger partial charge is 0.453 e. The van der Waals surface area contributed by atoms with E-state index in [-0.39, 0.29) is 23.4 Å². The van der Waals surface area contributed by atoms with E-state index in [0.29, 0.717) is 15.6 Å². The zero-order chi connectivity index (χ0) is 21.4. The molecular weight excluding hydrogens is 445 g/mol. The Balaban J connectivity index is 1.46. The Bertz CT molecular complexity index is 1130.